The first-order valence-corrected chi connectivity index (χ1v) is 10.1. The number of fused-ring (bicyclic) bond motifs is 1. The number of carboxylic acids is 2. The first-order chi connectivity index (χ1) is 14.3. The normalized spacial score (nSPS) is 13.3. The van der Waals surface area contributed by atoms with Crippen molar-refractivity contribution in [1.82, 2.24) is 5.32 Å². The van der Waals surface area contributed by atoms with Gasteiger partial charge in [0.1, 0.15) is 12.1 Å². The summed E-state index contributed by atoms with van der Waals surface area (Å²) >= 11 is 0. The molecule has 5 heteroatoms. The van der Waals surface area contributed by atoms with Crippen molar-refractivity contribution in [2.24, 2.45) is 5.92 Å². The summed E-state index contributed by atoms with van der Waals surface area (Å²) in [6.07, 6.45) is 0.574. The number of carbonyl (C=O) groups is 2. The van der Waals surface area contributed by atoms with E-state index in [9.17, 15) is 19.8 Å². The molecule has 0 saturated heterocycles. The number of aliphatic carboxylic acids is 2. The van der Waals surface area contributed by atoms with Gasteiger partial charge in [0.25, 0.3) is 0 Å². The van der Waals surface area contributed by atoms with E-state index in [0.717, 1.165) is 27.5 Å². The lowest BCUT2D eigenvalue weighted by Crippen LogP contribution is -2.48. The topological polar surface area (TPSA) is 86.6 Å². The Morgan fingerprint density at radius 3 is 2.23 bits per heavy atom. The standard InChI is InChI=1S/C25H27NO4/c1-16(2)13-22(24(27)28)26-23(25(29)30)15-17-7-5-10-19(14-17)21-12-6-9-18-8-3-4-11-20(18)21/h3-12,14,16,22-23,26H,13,15H2,1-2H3,(H,27,28)(H,29,30)/t22-,23-/m0/s1. The first kappa shape index (κ1) is 21.5. The fourth-order valence-electron chi connectivity index (χ4n) is 3.75. The van der Waals surface area contributed by atoms with Crippen molar-refractivity contribution in [2.75, 3.05) is 0 Å². The van der Waals surface area contributed by atoms with Crippen molar-refractivity contribution in [3.8, 4) is 11.1 Å². The van der Waals surface area contributed by atoms with E-state index in [1.807, 2.05) is 56.3 Å². The predicted octanol–water partition coefficient (Wildman–Crippen LogP) is 4.59. The zero-order chi connectivity index (χ0) is 21.7. The van der Waals surface area contributed by atoms with Gasteiger partial charge in [0, 0.05) is 0 Å². The van der Waals surface area contributed by atoms with E-state index in [1.165, 1.54) is 0 Å². The van der Waals surface area contributed by atoms with Gasteiger partial charge in [-0.1, -0.05) is 80.6 Å². The second kappa shape index (κ2) is 9.55. The lowest BCUT2D eigenvalue weighted by atomic mass is 9.95. The molecule has 0 aliphatic carbocycles. The highest BCUT2D eigenvalue weighted by atomic mass is 16.4. The Balaban J connectivity index is 1.87. The molecule has 3 rings (SSSR count). The Bertz CT molecular complexity index is 1040. The molecule has 0 saturated carbocycles. The zero-order valence-electron chi connectivity index (χ0n) is 17.2. The Kier molecular flexibility index (Phi) is 6.85. The fraction of sp³-hybridized carbons (Fsp3) is 0.280. The molecule has 3 aromatic carbocycles. The molecule has 30 heavy (non-hydrogen) atoms. The molecular weight excluding hydrogens is 378 g/mol. The van der Waals surface area contributed by atoms with Gasteiger partial charge in [-0.3, -0.25) is 14.9 Å². The molecule has 0 bridgehead atoms. The maximum Gasteiger partial charge on any atom is 0.321 e. The van der Waals surface area contributed by atoms with Gasteiger partial charge in [0.15, 0.2) is 0 Å². The third-order valence-electron chi connectivity index (χ3n) is 5.17. The van der Waals surface area contributed by atoms with Gasteiger partial charge < -0.3 is 10.2 Å². The van der Waals surface area contributed by atoms with Crippen LogP contribution in [0, 0.1) is 5.92 Å². The highest BCUT2D eigenvalue weighted by Crippen LogP contribution is 2.29. The molecule has 5 nitrogen and oxygen atoms in total. The molecule has 0 amide bonds. The lowest BCUT2D eigenvalue weighted by Gasteiger charge is -2.22. The SMILES string of the molecule is CC(C)C[C@H](N[C@@H](Cc1cccc(-c2cccc3ccccc23)c1)C(=O)O)C(=O)O. The maximum absolute atomic E-state index is 11.8. The Morgan fingerprint density at radius 2 is 1.53 bits per heavy atom. The van der Waals surface area contributed by atoms with Gasteiger partial charge in [-0.15, -0.1) is 0 Å². The predicted molar refractivity (Wildman–Crippen MR) is 119 cm³/mol. The van der Waals surface area contributed by atoms with E-state index in [-0.39, 0.29) is 12.3 Å². The number of benzene rings is 3. The van der Waals surface area contributed by atoms with Crippen LogP contribution in [0.15, 0.2) is 66.7 Å². The molecule has 3 N–H and O–H groups in total. The van der Waals surface area contributed by atoms with Crippen molar-refractivity contribution >= 4 is 22.7 Å². The number of hydrogen-bond donors (Lipinski definition) is 3. The molecule has 2 atom stereocenters. The minimum atomic E-state index is -1.06. The fourth-order valence-corrected chi connectivity index (χ4v) is 3.75. The maximum atomic E-state index is 11.8. The number of rotatable bonds is 9. The van der Waals surface area contributed by atoms with E-state index >= 15 is 0 Å². The van der Waals surface area contributed by atoms with Crippen molar-refractivity contribution in [3.05, 3.63) is 72.3 Å². The van der Waals surface area contributed by atoms with Gasteiger partial charge >= 0.3 is 11.9 Å². The molecular formula is C25H27NO4. The van der Waals surface area contributed by atoms with Crippen LogP contribution in [-0.4, -0.2) is 34.2 Å². The monoisotopic (exact) mass is 405 g/mol. The largest absolute Gasteiger partial charge is 0.480 e. The molecule has 0 aromatic heterocycles. The summed E-state index contributed by atoms with van der Waals surface area (Å²) in [5, 5.41) is 24.2. The van der Waals surface area contributed by atoms with Gasteiger partial charge in [0.05, 0.1) is 0 Å². The minimum absolute atomic E-state index is 0.141. The Labute approximate surface area is 176 Å². The van der Waals surface area contributed by atoms with E-state index in [0.29, 0.717) is 6.42 Å². The molecule has 0 fully saturated rings. The molecule has 0 unspecified atom stereocenters. The molecule has 0 heterocycles. The van der Waals surface area contributed by atoms with Gasteiger partial charge in [0.2, 0.25) is 0 Å². The van der Waals surface area contributed by atoms with Crippen LogP contribution < -0.4 is 5.32 Å². The third-order valence-corrected chi connectivity index (χ3v) is 5.17. The Morgan fingerprint density at radius 1 is 0.867 bits per heavy atom. The third kappa shape index (κ3) is 5.24. The number of nitrogens with one attached hydrogen (secondary N) is 1. The van der Waals surface area contributed by atoms with E-state index in [4.69, 9.17) is 0 Å². The van der Waals surface area contributed by atoms with Gasteiger partial charge in [-0.25, -0.2) is 0 Å². The highest BCUT2D eigenvalue weighted by Gasteiger charge is 2.26. The van der Waals surface area contributed by atoms with Crippen LogP contribution in [0.2, 0.25) is 0 Å². The van der Waals surface area contributed by atoms with E-state index < -0.39 is 24.0 Å². The summed E-state index contributed by atoms with van der Waals surface area (Å²) in [4.78, 5) is 23.4. The summed E-state index contributed by atoms with van der Waals surface area (Å²) in [5.74, 6) is -1.94. The van der Waals surface area contributed by atoms with Crippen LogP contribution in [0.3, 0.4) is 0 Å². The van der Waals surface area contributed by atoms with Crippen molar-refractivity contribution < 1.29 is 19.8 Å². The van der Waals surface area contributed by atoms with Crippen LogP contribution in [0.25, 0.3) is 21.9 Å². The quantitative estimate of drug-likeness (QED) is 0.485. The first-order valence-electron chi connectivity index (χ1n) is 10.1. The van der Waals surface area contributed by atoms with E-state index in [2.05, 4.69) is 29.6 Å². The van der Waals surface area contributed by atoms with Crippen molar-refractivity contribution in [2.45, 2.75) is 38.8 Å². The summed E-state index contributed by atoms with van der Waals surface area (Å²) in [7, 11) is 0. The molecule has 0 radical (unpaired) electrons. The highest BCUT2D eigenvalue weighted by molar-refractivity contribution is 5.96. The van der Waals surface area contributed by atoms with Crippen LogP contribution >= 0.6 is 0 Å². The van der Waals surface area contributed by atoms with Crippen molar-refractivity contribution in [1.29, 1.82) is 0 Å². The summed E-state index contributed by atoms with van der Waals surface area (Å²) in [6, 6.07) is 20.2. The van der Waals surface area contributed by atoms with Crippen LogP contribution in [0.5, 0.6) is 0 Å². The summed E-state index contributed by atoms with van der Waals surface area (Å²) in [6.45, 7) is 3.84. The van der Waals surface area contributed by atoms with Crippen molar-refractivity contribution in [3.63, 3.8) is 0 Å². The van der Waals surface area contributed by atoms with E-state index in [1.54, 1.807) is 0 Å². The van der Waals surface area contributed by atoms with Crippen LogP contribution in [-0.2, 0) is 16.0 Å². The molecule has 0 aliphatic heterocycles. The Hall–Kier alpha value is -3.18. The molecule has 156 valence electrons. The second-order valence-electron chi connectivity index (χ2n) is 8.01. The average Bonchev–Trinajstić information content (AvgIpc) is 2.72. The van der Waals surface area contributed by atoms with Crippen LogP contribution in [0.4, 0.5) is 0 Å². The molecule has 0 spiro atoms. The summed E-state index contributed by atoms with van der Waals surface area (Å²) < 4.78 is 0. The average molecular weight is 405 g/mol. The lowest BCUT2D eigenvalue weighted by molar-refractivity contribution is -0.142. The second-order valence-corrected chi connectivity index (χ2v) is 8.01. The van der Waals surface area contributed by atoms with Crippen LogP contribution in [0.1, 0.15) is 25.8 Å². The molecule has 3 aromatic rings. The zero-order valence-corrected chi connectivity index (χ0v) is 17.2. The van der Waals surface area contributed by atoms with Gasteiger partial charge in [-0.05, 0) is 46.2 Å². The summed E-state index contributed by atoms with van der Waals surface area (Å²) in [5.41, 5.74) is 2.93. The molecule has 0 aliphatic rings. The smallest absolute Gasteiger partial charge is 0.321 e. The van der Waals surface area contributed by atoms with Gasteiger partial charge in [-0.2, -0.15) is 0 Å². The number of carboxylic acid groups (broad SMARTS) is 2. The minimum Gasteiger partial charge on any atom is -0.480 e. The number of hydrogen-bond acceptors (Lipinski definition) is 3.